The summed E-state index contributed by atoms with van der Waals surface area (Å²) in [4.78, 5) is 11.1. The fraction of sp³-hybridized carbons (Fsp3) is 0.250. The average Bonchev–Trinajstić information content (AvgIpc) is 2.92. The number of hydrogen-bond acceptors (Lipinski definition) is 3. The molecule has 0 saturated carbocycles. The Morgan fingerprint density at radius 2 is 1.96 bits per heavy atom. The van der Waals surface area contributed by atoms with Crippen molar-refractivity contribution in [2.24, 2.45) is 0 Å². The Kier molecular flexibility index (Phi) is 4.27. The van der Waals surface area contributed by atoms with Gasteiger partial charge in [-0.25, -0.2) is 0 Å². The number of aromatic nitrogens is 3. The summed E-state index contributed by atoms with van der Waals surface area (Å²) in [6, 6.07) is 5.15. The lowest BCUT2D eigenvalue weighted by Gasteiger charge is -2.08. The van der Waals surface area contributed by atoms with E-state index in [1.54, 1.807) is 6.20 Å². The molecule has 1 unspecified atom stereocenters. The number of pyridine rings is 1. The monoisotopic (exact) mass is 353 g/mol. The predicted octanol–water partition coefficient (Wildman–Crippen LogP) is 3.90. The zero-order chi connectivity index (χ0) is 17.5. The largest absolute Gasteiger partial charge is 0.609 e. The van der Waals surface area contributed by atoms with E-state index in [4.69, 9.17) is 0 Å². The van der Waals surface area contributed by atoms with Gasteiger partial charge in [-0.05, 0) is 43.2 Å². The number of rotatable bonds is 3. The van der Waals surface area contributed by atoms with Gasteiger partial charge in [0.25, 0.3) is 0 Å². The lowest BCUT2D eigenvalue weighted by Crippen LogP contribution is -2.09. The Labute approximate surface area is 139 Å². The molecular weight excluding hydrogens is 339 g/mol. The van der Waals surface area contributed by atoms with Crippen LogP contribution < -0.4 is 0 Å². The van der Waals surface area contributed by atoms with E-state index in [0.29, 0.717) is 11.2 Å². The summed E-state index contributed by atoms with van der Waals surface area (Å²) >= 11 is -1.52. The molecule has 0 aliphatic rings. The van der Waals surface area contributed by atoms with Crippen LogP contribution in [-0.4, -0.2) is 19.5 Å². The van der Waals surface area contributed by atoms with Crippen LogP contribution in [0.15, 0.2) is 35.6 Å². The van der Waals surface area contributed by atoms with Crippen LogP contribution in [0.2, 0.25) is 0 Å². The second-order valence-electron chi connectivity index (χ2n) is 5.54. The molecule has 0 fully saturated rings. The van der Waals surface area contributed by atoms with Crippen molar-refractivity contribution in [3.8, 4) is 0 Å². The summed E-state index contributed by atoms with van der Waals surface area (Å²) in [5.74, 6) is 0.151. The van der Waals surface area contributed by atoms with E-state index in [0.717, 1.165) is 23.3 Å². The number of benzene rings is 1. The van der Waals surface area contributed by atoms with Gasteiger partial charge in [-0.15, -0.1) is 0 Å². The SMILES string of the molecule is Cc1cnc(C[S+]([O-])c2nc3cc(C(F)(F)F)ccc3[nH]2)c(C)c1. The summed E-state index contributed by atoms with van der Waals surface area (Å²) in [6.07, 6.45) is -2.75. The van der Waals surface area contributed by atoms with Gasteiger partial charge < -0.3 is 4.55 Å². The van der Waals surface area contributed by atoms with E-state index in [2.05, 4.69) is 15.0 Å². The Bertz CT molecular complexity index is 892. The van der Waals surface area contributed by atoms with E-state index in [1.807, 2.05) is 19.9 Å². The van der Waals surface area contributed by atoms with Crippen LogP contribution in [0.25, 0.3) is 11.0 Å². The molecule has 2 heterocycles. The number of imidazole rings is 1. The fourth-order valence-electron chi connectivity index (χ4n) is 2.35. The Morgan fingerprint density at radius 3 is 2.62 bits per heavy atom. The molecule has 2 aromatic heterocycles. The molecule has 3 rings (SSSR count). The average molecular weight is 353 g/mol. The molecule has 24 heavy (non-hydrogen) atoms. The molecule has 1 N–H and O–H groups in total. The van der Waals surface area contributed by atoms with Crippen LogP contribution in [0.4, 0.5) is 13.2 Å². The van der Waals surface area contributed by atoms with E-state index < -0.39 is 22.9 Å². The van der Waals surface area contributed by atoms with Crippen LogP contribution in [0.3, 0.4) is 0 Å². The normalized spacial score (nSPS) is 13.4. The standard InChI is InChI=1S/C16H14F3N3OS/c1-9-5-10(2)14(20-7-9)8-24(23)15-21-12-4-3-11(16(17,18)19)6-13(12)22-15/h3-7H,8H2,1-2H3,(H,21,22). The summed E-state index contributed by atoms with van der Waals surface area (Å²) in [5, 5.41) is 0.145. The van der Waals surface area contributed by atoms with Crippen LogP contribution in [-0.2, 0) is 23.1 Å². The second kappa shape index (κ2) is 6.10. The van der Waals surface area contributed by atoms with Crippen molar-refractivity contribution in [3.63, 3.8) is 0 Å². The molecule has 0 radical (unpaired) electrons. The van der Waals surface area contributed by atoms with Gasteiger partial charge >= 0.3 is 11.3 Å². The zero-order valence-corrected chi connectivity index (χ0v) is 13.8. The molecule has 0 aliphatic heterocycles. The van der Waals surface area contributed by atoms with Gasteiger partial charge in [0.2, 0.25) is 0 Å². The van der Waals surface area contributed by atoms with Crippen molar-refractivity contribution < 1.29 is 17.7 Å². The maximum Gasteiger partial charge on any atom is 0.416 e. The molecule has 0 amide bonds. The van der Waals surface area contributed by atoms with Crippen molar-refractivity contribution >= 4 is 22.2 Å². The molecule has 4 nitrogen and oxygen atoms in total. The van der Waals surface area contributed by atoms with Crippen molar-refractivity contribution in [2.45, 2.75) is 30.9 Å². The minimum Gasteiger partial charge on any atom is -0.609 e. The van der Waals surface area contributed by atoms with E-state index in [9.17, 15) is 17.7 Å². The zero-order valence-electron chi connectivity index (χ0n) is 12.9. The lowest BCUT2D eigenvalue weighted by atomic mass is 10.2. The highest BCUT2D eigenvalue weighted by atomic mass is 32.2. The number of H-pyrrole nitrogens is 1. The number of aromatic amines is 1. The second-order valence-corrected chi connectivity index (χ2v) is 6.90. The van der Waals surface area contributed by atoms with E-state index >= 15 is 0 Å². The van der Waals surface area contributed by atoms with Gasteiger partial charge in [-0.1, -0.05) is 6.07 Å². The first-order valence-corrected chi connectivity index (χ1v) is 8.43. The smallest absolute Gasteiger partial charge is 0.416 e. The molecule has 3 aromatic rings. The van der Waals surface area contributed by atoms with Crippen molar-refractivity contribution in [1.29, 1.82) is 0 Å². The fourth-order valence-corrected chi connectivity index (χ4v) is 3.47. The number of alkyl halides is 3. The maximum atomic E-state index is 12.7. The third kappa shape index (κ3) is 3.39. The first-order valence-electron chi connectivity index (χ1n) is 7.11. The van der Waals surface area contributed by atoms with E-state index in [-0.39, 0.29) is 16.4 Å². The van der Waals surface area contributed by atoms with Gasteiger partial charge in [0, 0.05) is 17.4 Å². The number of hydrogen-bond donors (Lipinski definition) is 1. The van der Waals surface area contributed by atoms with Crippen molar-refractivity contribution in [2.75, 3.05) is 0 Å². The molecule has 0 spiro atoms. The first kappa shape index (κ1) is 16.8. The van der Waals surface area contributed by atoms with Gasteiger partial charge in [0.1, 0.15) is 0 Å². The maximum absolute atomic E-state index is 12.7. The Hall–Kier alpha value is -2.06. The number of halogens is 3. The molecule has 0 bridgehead atoms. The minimum absolute atomic E-state index is 0.141. The predicted molar refractivity (Wildman–Crippen MR) is 84.9 cm³/mol. The minimum atomic E-state index is -4.44. The van der Waals surface area contributed by atoms with Gasteiger partial charge in [0.05, 0.1) is 22.3 Å². The summed E-state index contributed by atoms with van der Waals surface area (Å²) in [5.41, 5.74) is 2.37. The third-order valence-electron chi connectivity index (χ3n) is 3.60. The molecule has 126 valence electrons. The highest BCUT2D eigenvalue weighted by molar-refractivity contribution is 7.90. The highest BCUT2D eigenvalue weighted by Gasteiger charge is 2.31. The topological polar surface area (TPSA) is 64.6 Å². The van der Waals surface area contributed by atoms with Gasteiger partial charge in [-0.3, -0.25) is 9.97 Å². The van der Waals surface area contributed by atoms with Crippen LogP contribution >= 0.6 is 0 Å². The van der Waals surface area contributed by atoms with Crippen LogP contribution in [0, 0.1) is 13.8 Å². The first-order chi connectivity index (χ1) is 11.2. The summed E-state index contributed by atoms with van der Waals surface area (Å²) < 4.78 is 50.7. The molecule has 0 aliphatic carbocycles. The summed E-state index contributed by atoms with van der Waals surface area (Å²) in [7, 11) is 0. The molecule has 0 saturated heterocycles. The Balaban J connectivity index is 1.88. The summed E-state index contributed by atoms with van der Waals surface area (Å²) in [6.45, 7) is 3.79. The van der Waals surface area contributed by atoms with Gasteiger partial charge in [-0.2, -0.15) is 18.2 Å². The van der Waals surface area contributed by atoms with Crippen LogP contribution in [0.1, 0.15) is 22.4 Å². The Morgan fingerprint density at radius 1 is 1.21 bits per heavy atom. The third-order valence-corrected chi connectivity index (χ3v) is 4.76. The quantitative estimate of drug-likeness (QED) is 0.726. The van der Waals surface area contributed by atoms with E-state index in [1.165, 1.54) is 6.07 Å². The molecule has 1 atom stereocenters. The van der Waals surface area contributed by atoms with Gasteiger partial charge in [0.15, 0.2) is 5.75 Å². The number of nitrogens with zero attached hydrogens (tertiary/aromatic N) is 2. The van der Waals surface area contributed by atoms with Crippen molar-refractivity contribution in [1.82, 2.24) is 15.0 Å². The van der Waals surface area contributed by atoms with Crippen molar-refractivity contribution in [3.05, 3.63) is 52.8 Å². The molecular formula is C16H14F3N3OS. The lowest BCUT2D eigenvalue weighted by molar-refractivity contribution is -0.137. The molecule has 1 aromatic carbocycles. The highest BCUT2D eigenvalue weighted by Crippen LogP contribution is 2.31. The molecule has 8 heteroatoms. The number of nitrogens with one attached hydrogen (secondary N) is 1. The van der Waals surface area contributed by atoms with Crippen LogP contribution in [0.5, 0.6) is 0 Å². The number of aryl methyl sites for hydroxylation is 2. The number of fused-ring (bicyclic) bond motifs is 1.